The molecule has 2 fully saturated rings. The van der Waals surface area contributed by atoms with Crippen LogP contribution in [0.15, 0.2) is 18.2 Å². The molecule has 0 bridgehead atoms. The summed E-state index contributed by atoms with van der Waals surface area (Å²) >= 11 is 1.56. The first-order valence-corrected chi connectivity index (χ1v) is 8.58. The minimum atomic E-state index is -0.684. The second-order valence-electron chi connectivity index (χ2n) is 5.85. The minimum Gasteiger partial charge on any atom is -0.288 e. The van der Waals surface area contributed by atoms with E-state index in [4.69, 9.17) is 0 Å². The summed E-state index contributed by atoms with van der Waals surface area (Å²) in [5, 5.41) is 23.6. The number of hydrazine groups is 1. The Kier molecular flexibility index (Phi) is 4.31. The highest BCUT2D eigenvalue weighted by Gasteiger charge is 2.47. The second kappa shape index (κ2) is 6.27. The lowest BCUT2D eigenvalue weighted by Crippen LogP contribution is -2.49. The van der Waals surface area contributed by atoms with Crippen LogP contribution in [-0.4, -0.2) is 31.4 Å². The molecule has 1 N–H and O–H groups in total. The zero-order valence-corrected chi connectivity index (χ0v) is 13.6. The Morgan fingerprint density at radius 3 is 2.46 bits per heavy atom. The van der Waals surface area contributed by atoms with E-state index in [9.17, 15) is 25.0 Å². The maximum Gasteiger partial charge on any atom is 0.300 e. The minimum absolute atomic E-state index is 0.0893. The summed E-state index contributed by atoms with van der Waals surface area (Å²) in [5.74, 6) is 0.197. The Bertz CT molecular complexity index is 704. The second-order valence-corrected chi connectivity index (χ2v) is 7.19. The summed E-state index contributed by atoms with van der Waals surface area (Å²) < 4.78 is 0. The molecule has 1 aromatic rings. The molecule has 1 amide bonds. The zero-order chi connectivity index (χ0) is 17.3. The van der Waals surface area contributed by atoms with Gasteiger partial charge in [-0.25, -0.2) is 5.01 Å². The lowest BCUT2D eigenvalue weighted by molar-refractivity contribution is -0.393. The van der Waals surface area contributed by atoms with Crippen LogP contribution < -0.4 is 5.43 Å². The van der Waals surface area contributed by atoms with Gasteiger partial charge in [0, 0.05) is 6.07 Å². The van der Waals surface area contributed by atoms with E-state index in [1.807, 2.05) is 0 Å². The van der Waals surface area contributed by atoms with Crippen molar-refractivity contribution in [2.24, 2.45) is 0 Å². The number of hydrogen-bond donors (Lipinski definition) is 1. The van der Waals surface area contributed by atoms with Gasteiger partial charge in [-0.2, -0.15) is 0 Å². The normalized spacial score (nSPS) is 19.5. The highest BCUT2D eigenvalue weighted by atomic mass is 32.2. The van der Waals surface area contributed by atoms with E-state index in [0.29, 0.717) is 5.75 Å². The molecule has 1 aromatic carbocycles. The Morgan fingerprint density at radius 1 is 1.12 bits per heavy atom. The third kappa shape index (κ3) is 2.88. The summed E-state index contributed by atoms with van der Waals surface area (Å²) in [5.41, 5.74) is 2.18. The van der Waals surface area contributed by atoms with Crippen LogP contribution in [-0.2, 0) is 4.79 Å². The molecule has 0 aromatic heterocycles. The fourth-order valence-electron chi connectivity index (χ4n) is 3.19. The molecule has 3 rings (SSSR count). The van der Waals surface area contributed by atoms with E-state index in [2.05, 4.69) is 5.43 Å². The number of rotatable bonds is 4. The first-order chi connectivity index (χ1) is 11.4. The molecule has 1 saturated heterocycles. The van der Waals surface area contributed by atoms with E-state index in [1.54, 1.807) is 11.8 Å². The van der Waals surface area contributed by atoms with Crippen molar-refractivity contribution in [3.8, 4) is 0 Å². The number of anilines is 1. The molecule has 128 valence electrons. The number of non-ortho nitro benzene ring substituents is 1. The van der Waals surface area contributed by atoms with Gasteiger partial charge < -0.3 is 0 Å². The molecule has 1 aliphatic heterocycles. The standard InChI is InChI=1S/C14H16N4O5S/c19-13-9-24-14(6-2-1-3-7-14)16(13)15-11-5-4-10(17(20)21)8-12(11)18(22)23/h4-5,8,15H,1-3,6-7,9H2. The van der Waals surface area contributed by atoms with Crippen LogP contribution in [0.5, 0.6) is 0 Å². The van der Waals surface area contributed by atoms with Crippen molar-refractivity contribution >= 4 is 34.7 Å². The van der Waals surface area contributed by atoms with E-state index >= 15 is 0 Å². The van der Waals surface area contributed by atoms with Gasteiger partial charge in [-0.15, -0.1) is 11.8 Å². The quantitative estimate of drug-likeness (QED) is 0.653. The maximum atomic E-state index is 12.3. The first kappa shape index (κ1) is 16.5. The van der Waals surface area contributed by atoms with E-state index in [-0.39, 0.29) is 22.2 Å². The van der Waals surface area contributed by atoms with Crippen LogP contribution >= 0.6 is 11.8 Å². The lowest BCUT2D eigenvalue weighted by atomic mass is 9.94. The van der Waals surface area contributed by atoms with E-state index < -0.39 is 15.5 Å². The Hall–Kier alpha value is -2.36. The van der Waals surface area contributed by atoms with Crippen LogP contribution in [0, 0.1) is 20.2 Å². The van der Waals surface area contributed by atoms with Crippen LogP contribution in [0.2, 0.25) is 0 Å². The van der Waals surface area contributed by atoms with Crippen molar-refractivity contribution in [2.75, 3.05) is 11.2 Å². The number of carbonyl (C=O) groups is 1. The zero-order valence-electron chi connectivity index (χ0n) is 12.8. The highest BCUT2D eigenvalue weighted by Crippen LogP contribution is 2.47. The number of nitro groups is 2. The number of nitrogens with one attached hydrogen (secondary N) is 1. The van der Waals surface area contributed by atoms with Crippen molar-refractivity contribution in [3.63, 3.8) is 0 Å². The molecular weight excluding hydrogens is 336 g/mol. The van der Waals surface area contributed by atoms with Gasteiger partial charge in [0.15, 0.2) is 0 Å². The predicted molar refractivity (Wildman–Crippen MR) is 88.5 cm³/mol. The molecule has 0 unspecified atom stereocenters. The molecule has 2 aliphatic rings. The summed E-state index contributed by atoms with van der Waals surface area (Å²) in [6.45, 7) is 0. The van der Waals surface area contributed by atoms with Gasteiger partial charge in [-0.1, -0.05) is 19.3 Å². The van der Waals surface area contributed by atoms with Crippen molar-refractivity contribution in [2.45, 2.75) is 37.0 Å². The summed E-state index contributed by atoms with van der Waals surface area (Å²) in [4.78, 5) is 32.6. The molecule has 0 atom stereocenters. The fourth-order valence-corrected chi connectivity index (χ4v) is 4.56. The highest BCUT2D eigenvalue weighted by molar-refractivity contribution is 8.01. The predicted octanol–water partition coefficient (Wildman–Crippen LogP) is 3.07. The summed E-state index contributed by atoms with van der Waals surface area (Å²) in [6, 6.07) is 3.38. The smallest absolute Gasteiger partial charge is 0.288 e. The monoisotopic (exact) mass is 352 g/mol. The third-order valence-corrected chi connectivity index (χ3v) is 5.90. The van der Waals surface area contributed by atoms with Gasteiger partial charge in [-0.3, -0.25) is 30.4 Å². The molecule has 1 spiro atoms. The number of thioether (sulfide) groups is 1. The van der Waals surface area contributed by atoms with Crippen molar-refractivity contribution in [1.29, 1.82) is 0 Å². The first-order valence-electron chi connectivity index (χ1n) is 7.59. The Labute approximate surface area is 141 Å². The topological polar surface area (TPSA) is 119 Å². The molecule has 1 aliphatic carbocycles. The Balaban J connectivity index is 1.93. The Morgan fingerprint density at radius 2 is 1.83 bits per heavy atom. The third-order valence-electron chi connectivity index (χ3n) is 4.38. The SMILES string of the molecule is O=C1CSC2(CCCCC2)N1Nc1ccc([N+](=O)[O-])cc1[N+](=O)[O-]. The van der Waals surface area contributed by atoms with Gasteiger partial charge in [-0.05, 0) is 18.9 Å². The lowest BCUT2D eigenvalue weighted by Gasteiger charge is -2.40. The van der Waals surface area contributed by atoms with Gasteiger partial charge >= 0.3 is 5.69 Å². The number of amides is 1. The average molecular weight is 352 g/mol. The van der Waals surface area contributed by atoms with Gasteiger partial charge in [0.05, 0.1) is 21.7 Å². The van der Waals surface area contributed by atoms with E-state index in [1.165, 1.54) is 17.1 Å². The summed E-state index contributed by atoms with van der Waals surface area (Å²) in [6.07, 6.45) is 4.78. The van der Waals surface area contributed by atoms with Crippen LogP contribution in [0.3, 0.4) is 0 Å². The fraction of sp³-hybridized carbons (Fsp3) is 0.500. The number of nitrogens with zero attached hydrogens (tertiary/aromatic N) is 3. The number of carbonyl (C=O) groups excluding carboxylic acids is 1. The van der Waals surface area contributed by atoms with Gasteiger partial charge in [0.25, 0.3) is 11.6 Å². The molecule has 1 heterocycles. The molecule has 10 heteroatoms. The molecule has 9 nitrogen and oxygen atoms in total. The maximum absolute atomic E-state index is 12.3. The van der Waals surface area contributed by atoms with Crippen LogP contribution in [0.4, 0.5) is 17.1 Å². The van der Waals surface area contributed by atoms with Gasteiger partial charge in [0.1, 0.15) is 10.6 Å². The average Bonchev–Trinajstić information content (AvgIpc) is 2.85. The number of benzene rings is 1. The van der Waals surface area contributed by atoms with Crippen LogP contribution in [0.1, 0.15) is 32.1 Å². The van der Waals surface area contributed by atoms with Crippen molar-refractivity contribution in [1.82, 2.24) is 5.01 Å². The molecule has 24 heavy (non-hydrogen) atoms. The number of hydrogen-bond acceptors (Lipinski definition) is 7. The molecule has 0 radical (unpaired) electrons. The van der Waals surface area contributed by atoms with Crippen molar-refractivity contribution < 1.29 is 14.6 Å². The van der Waals surface area contributed by atoms with Crippen molar-refractivity contribution in [3.05, 3.63) is 38.4 Å². The summed E-state index contributed by atoms with van der Waals surface area (Å²) in [7, 11) is 0. The largest absolute Gasteiger partial charge is 0.300 e. The molecular formula is C14H16N4O5S. The number of nitro benzene ring substituents is 2. The van der Waals surface area contributed by atoms with E-state index in [0.717, 1.165) is 38.2 Å². The van der Waals surface area contributed by atoms with Gasteiger partial charge in [0.2, 0.25) is 0 Å². The van der Waals surface area contributed by atoms with Crippen LogP contribution in [0.25, 0.3) is 0 Å². The molecule has 1 saturated carbocycles.